The monoisotopic (exact) mass is 351 g/mol. The summed E-state index contributed by atoms with van der Waals surface area (Å²) in [4.78, 5) is 0. The van der Waals surface area contributed by atoms with E-state index in [9.17, 15) is 9.50 Å². The molecule has 2 unspecified atom stereocenters. The van der Waals surface area contributed by atoms with Crippen LogP contribution in [0, 0.1) is 5.82 Å². The number of halogens is 2. The summed E-state index contributed by atoms with van der Waals surface area (Å²) < 4.78 is 14.7. The van der Waals surface area contributed by atoms with E-state index in [4.69, 9.17) is 0 Å². The largest absolute Gasteiger partial charge is 0.395 e. The van der Waals surface area contributed by atoms with Crippen LogP contribution in [0.15, 0.2) is 53.0 Å². The predicted octanol–water partition coefficient (Wildman–Crippen LogP) is 3.84. The van der Waals surface area contributed by atoms with Crippen molar-refractivity contribution in [3.05, 3.63) is 69.9 Å². The molecule has 2 aromatic carbocycles. The number of benzene rings is 2. The fourth-order valence-corrected chi connectivity index (χ4v) is 2.70. The van der Waals surface area contributed by atoms with E-state index < -0.39 is 0 Å². The van der Waals surface area contributed by atoms with Gasteiger partial charge in [0.2, 0.25) is 0 Å². The molecule has 0 aliphatic heterocycles. The van der Waals surface area contributed by atoms with Gasteiger partial charge in [-0.2, -0.15) is 0 Å². The van der Waals surface area contributed by atoms with Crippen LogP contribution in [0.3, 0.4) is 0 Å². The second kappa shape index (κ2) is 7.69. The molecule has 0 saturated heterocycles. The van der Waals surface area contributed by atoms with E-state index in [2.05, 4.69) is 21.2 Å². The summed E-state index contributed by atoms with van der Waals surface area (Å²) in [5, 5.41) is 12.8. The molecular weight excluding hydrogens is 333 g/mol. The molecule has 4 heteroatoms. The molecule has 2 N–H and O–H groups in total. The third-order valence-corrected chi connectivity index (χ3v) is 3.95. The Morgan fingerprint density at radius 1 is 1.19 bits per heavy atom. The van der Waals surface area contributed by atoms with Crippen LogP contribution >= 0.6 is 15.9 Å². The number of hydrogen-bond donors (Lipinski definition) is 2. The standard InChI is InChI=1S/C17H19BrFNO/c1-12(16-8-7-14(18)10-17(16)19)20-15(11-21)9-13-5-3-2-4-6-13/h2-8,10,12,15,20-21H,9,11H2,1H3. The van der Waals surface area contributed by atoms with Crippen LogP contribution in [-0.2, 0) is 6.42 Å². The summed E-state index contributed by atoms with van der Waals surface area (Å²) >= 11 is 3.25. The molecule has 0 aliphatic carbocycles. The SMILES string of the molecule is CC(NC(CO)Cc1ccccc1)c1ccc(Br)cc1F. The number of aliphatic hydroxyl groups excluding tert-OH is 1. The highest BCUT2D eigenvalue weighted by Crippen LogP contribution is 2.21. The Labute approximate surface area is 133 Å². The maximum absolute atomic E-state index is 13.9. The van der Waals surface area contributed by atoms with E-state index in [1.807, 2.05) is 43.3 Å². The lowest BCUT2D eigenvalue weighted by molar-refractivity contribution is 0.232. The molecule has 0 radical (unpaired) electrons. The fourth-order valence-electron chi connectivity index (χ4n) is 2.37. The van der Waals surface area contributed by atoms with Gasteiger partial charge < -0.3 is 10.4 Å². The fraction of sp³-hybridized carbons (Fsp3) is 0.294. The Balaban J connectivity index is 2.04. The Morgan fingerprint density at radius 3 is 2.52 bits per heavy atom. The average molecular weight is 352 g/mol. The first kappa shape index (κ1) is 16.1. The van der Waals surface area contributed by atoms with Crippen molar-refractivity contribution in [2.75, 3.05) is 6.61 Å². The van der Waals surface area contributed by atoms with Crippen LogP contribution in [0.5, 0.6) is 0 Å². The molecule has 0 heterocycles. The molecule has 0 saturated carbocycles. The Hall–Kier alpha value is -1.23. The predicted molar refractivity (Wildman–Crippen MR) is 86.7 cm³/mol. The topological polar surface area (TPSA) is 32.3 Å². The normalized spacial score (nSPS) is 13.9. The summed E-state index contributed by atoms with van der Waals surface area (Å²) in [7, 11) is 0. The highest BCUT2D eigenvalue weighted by atomic mass is 79.9. The lowest BCUT2D eigenvalue weighted by Crippen LogP contribution is -2.36. The Bertz CT molecular complexity index is 576. The van der Waals surface area contributed by atoms with Crippen molar-refractivity contribution in [2.24, 2.45) is 0 Å². The molecule has 0 aromatic heterocycles. The molecule has 2 rings (SSSR count). The van der Waals surface area contributed by atoms with Crippen molar-refractivity contribution in [2.45, 2.75) is 25.4 Å². The van der Waals surface area contributed by atoms with Crippen molar-refractivity contribution in [1.29, 1.82) is 0 Å². The quantitative estimate of drug-likeness (QED) is 0.828. The Morgan fingerprint density at radius 2 is 1.90 bits per heavy atom. The zero-order valence-corrected chi connectivity index (χ0v) is 13.5. The van der Waals surface area contributed by atoms with Crippen LogP contribution in [0.2, 0.25) is 0 Å². The number of nitrogens with one attached hydrogen (secondary N) is 1. The number of rotatable bonds is 6. The van der Waals surface area contributed by atoms with E-state index in [-0.39, 0.29) is 24.5 Å². The van der Waals surface area contributed by atoms with Gasteiger partial charge in [0.15, 0.2) is 0 Å². The van der Waals surface area contributed by atoms with Gasteiger partial charge in [-0.1, -0.05) is 52.3 Å². The molecule has 2 atom stereocenters. The zero-order valence-electron chi connectivity index (χ0n) is 11.9. The summed E-state index contributed by atoms with van der Waals surface area (Å²) in [6.45, 7) is 1.91. The molecule has 112 valence electrons. The van der Waals surface area contributed by atoms with Gasteiger partial charge in [0, 0.05) is 22.1 Å². The van der Waals surface area contributed by atoms with Gasteiger partial charge in [-0.3, -0.25) is 0 Å². The van der Waals surface area contributed by atoms with Crippen LogP contribution < -0.4 is 5.32 Å². The maximum atomic E-state index is 13.9. The first-order valence-electron chi connectivity index (χ1n) is 6.96. The van der Waals surface area contributed by atoms with Gasteiger partial charge in [-0.15, -0.1) is 0 Å². The van der Waals surface area contributed by atoms with Crippen molar-refractivity contribution in [3.8, 4) is 0 Å². The van der Waals surface area contributed by atoms with Crippen molar-refractivity contribution >= 4 is 15.9 Å². The number of hydrogen-bond acceptors (Lipinski definition) is 2. The minimum Gasteiger partial charge on any atom is -0.395 e. The van der Waals surface area contributed by atoms with Crippen LogP contribution in [-0.4, -0.2) is 17.8 Å². The van der Waals surface area contributed by atoms with Gasteiger partial charge in [0.05, 0.1) is 6.61 Å². The number of aliphatic hydroxyl groups is 1. The minimum absolute atomic E-state index is 0.0113. The first-order valence-corrected chi connectivity index (χ1v) is 7.75. The van der Waals surface area contributed by atoms with E-state index in [1.54, 1.807) is 6.07 Å². The molecule has 0 spiro atoms. The van der Waals surface area contributed by atoms with Crippen molar-refractivity contribution in [1.82, 2.24) is 5.32 Å². The van der Waals surface area contributed by atoms with Crippen molar-refractivity contribution in [3.63, 3.8) is 0 Å². The maximum Gasteiger partial charge on any atom is 0.129 e. The van der Waals surface area contributed by atoms with E-state index in [0.29, 0.717) is 12.0 Å². The molecule has 0 bridgehead atoms. The van der Waals surface area contributed by atoms with E-state index in [1.165, 1.54) is 6.07 Å². The smallest absolute Gasteiger partial charge is 0.129 e. The molecule has 21 heavy (non-hydrogen) atoms. The van der Waals surface area contributed by atoms with Gasteiger partial charge >= 0.3 is 0 Å². The molecule has 2 aromatic rings. The van der Waals surface area contributed by atoms with E-state index in [0.717, 1.165) is 10.0 Å². The zero-order chi connectivity index (χ0) is 15.2. The van der Waals surface area contributed by atoms with Gasteiger partial charge in [-0.25, -0.2) is 4.39 Å². The van der Waals surface area contributed by atoms with Crippen LogP contribution in [0.4, 0.5) is 4.39 Å². The highest BCUT2D eigenvalue weighted by Gasteiger charge is 2.16. The van der Waals surface area contributed by atoms with Crippen LogP contribution in [0.25, 0.3) is 0 Å². The third kappa shape index (κ3) is 4.63. The molecular formula is C17H19BrFNO. The first-order chi connectivity index (χ1) is 10.1. The average Bonchev–Trinajstić information content (AvgIpc) is 2.47. The minimum atomic E-state index is -0.249. The summed E-state index contributed by atoms with van der Waals surface area (Å²) in [6.07, 6.45) is 0.708. The third-order valence-electron chi connectivity index (χ3n) is 3.46. The Kier molecular flexibility index (Phi) is 5.91. The van der Waals surface area contributed by atoms with Gasteiger partial charge in [0.1, 0.15) is 5.82 Å². The lowest BCUT2D eigenvalue weighted by atomic mass is 10.0. The molecule has 2 nitrogen and oxygen atoms in total. The highest BCUT2D eigenvalue weighted by molar-refractivity contribution is 9.10. The van der Waals surface area contributed by atoms with Gasteiger partial charge in [-0.05, 0) is 31.0 Å². The summed E-state index contributed by atoms with van der Waals surface area (Å²) in [6, 6.07) is 14.7. The second-order valence-electron chi connectivity index (χ2n) is 5.12. The lowest BCUT2D eigenvalue weighted by Gasteiger charge is -2.22. The van der Waals surface area contributed by atoms with Gasteiger partial charge in [0.25, 0.3) is 0 Å². The van der Waals surface area contributed by atoms with Crippen LogP contribution in [0.1, 0.15) is 24.1 Å². The summed E-state index contributed by atoms with van der Waals surface area (Å²) in [5.41, 5.74) is 1.75. The molecule has 0 amide bonds. The second-order valence-corrected chi connectivity index (χ2v) is 6.04. The molecule has 0 fully saturated rings. The van der Waals surface area contributed by atoms with E-state index >= 15 is 0 Å². The van der Waals surface area contributed by atoms with Crippen molar-refractivity contribution < 1.29 is 9.50 Å². The summed E-state index contributed by atoms with van der Waals surface area (Å²) in [5.74, 6) is -0.249. The molecule has 0 aliphatic rings.